The van der Waals surface area contributed by atoms with Gasteiger partial charge in [0.25, 0.3) is 0 Å². The molecule has 0 aromatic carbocycles. The second kappa shape index (κ2) is 9.13. The molecule has 7 N–H and O–H groups in total. The lowest BCUT2D eigenvalue weighted by Crippen LogP contribution is -2.27. The van der Waals surface area contributed by atoms with Gasteiger partial charge in [0.1, 0.15) is 0 Å². The van der Waals surface area contributed by atoms with Crippen LogP contribution in [0.5, 0.6) is 0 Å². The number of hydrogen-bond acceptors (Lipinski definition) is 1. The second-order valence-electron chi connectivity index (χ2n) is 1.92. The van der Waals surface area contributed by atoms with Crippen LogP contribution in [-0.2, 0) is 0 Å². The molecular formula is C5H16ClNO3. The van der Waals surface area contributed by atoms with Gasteiger partial charge >= 0.3 is 0 Å². The lowest BCUT2D eigenvalue weighted by molar-refractivity contribution is 0.526. The molecule has 0 amide bonds. The van der Waals surface area contributed by atoms with Crippen LogP contribution in [0.15, 0.2) is 0 Å². The Balaban J connectivity index is -0.000000163. The zero-order valence-corrected chi connectivity index (χ0v) is 6.54. The van der Waals surface area contributed by atoms with Crippen LogP contribution in [0.4, 0.5) is 0 Å². The molecule has 0 aliphatic carbocycles. The lowest BCUT2D eigenvalue weighted by Gasteiger charge is -2.15. The van der Waals surface area contributed by atoms with Crippen LogP contribution in [0.2, 0.25) is 0 Å². The summed E-state index contributed by atoms with van der Waals surface area (Å²) in [5.74, 6) is 0. The molecule has 1 aliphatic heterocycles. The molecule has 1 rings (SSSR count). The van der Waals surface area contributed by atoms with Gasteiger partial charge < -0.3 is 21.7 Å². The van der Waals surface area contributed by atoms with E-state index >= 15 is 0 Å². The molecule has 1 heterocycles. The molecule has 0 unspecified atom stereocenters. The summed E-state index contributed by atoms with van der Waals surface area (Å²) in [5, 5.41) is 3.68. The topological polar surface area (TPSA) is 107 Å². The van der Waals surface area contributed by atoms with E-state index in [0.717, 1.165) is 25.9 Å². The molecule has 0 aromatic heterocycles. The van der Waals surface area contributed by atoms with Crippen molar-refractivity contribution in [2.75, 3.05) is 13.1 Å². The monoisotopic (exact) mass is 173 g/mol. The first kappa shape index (κ1) is 16.6. The minimum Gasteiger partial charge on any atom is -0.412 e. The van der Waals surface area contributed by atoms with Crippen LogP contribution in [0.25, 0.3) is 0 Å². The Labute approximate surface area is 65.5 Å². The number of hydrogen-bond donors (Lipinski definition) is 1. The van der Waals surface area contributed by atoms with Gasteiger partial charge in [0.15, 0.2) is 0 Å². The van der Waals surface area contributed by atoms with Gasteiger partial charge in [-0.25, -0.2) is 0 Å². The summed E-state index contributed by atoms with van der Waals surface area (Å²) in [6, 6.07) is 0. The van der Waals surface area contributed by atoms with Gasteiger partial charge in [-0.2, -0.15) is 0 Å². The third-order valence-electron chi connectivity index (χ3n) is 1.27. The predicted octanol–water partition coefficient (Wildman–Crippen LogP) is -1.50. The van der Waals surface area contributed by atoms with Crippen LogP contribution in [-0.4, -0.2) is 34.9 Å². The van der Waals surface area contributed by atoms with Crippen LogP contribution >= 0.6 is 11.6 Å². The summed E-state index contributed by atoms with van der Waals surface area (Å²) in [6.45, 7) is 2.21. The highest BCUT2D eigenvalue weighted by atomic mass is 35.5. The highest BCUT2D eigenvalue weighted by molar-refractivity contribution is 6.20. The van der Waals surface area contributed by atoms with Gasteiger partial charge in [-0.15, -0.1) is 11.6 Å². The van der Waals surface area contributed by atoms with Gasteiger partial charge in [-0.05, 0) is 25.9 Å². The van der Waals surface area contributed by atoms with Crippen molar-refractivity contribution in [3.8, 4) is 0 Å². The maximum absolute atomic E-state index is 5.78. The molecule has 5 heteroatoms. The standard InChI is InChI=1S/C5H10ClN.3H2O/c6-5-1-3-7-4-2-5;;;/h5,7H,1-4H2;3*1H2. The van der Waals surface area contributed by atoms with Gasteiger partial charge in [0.2, 0.25) is 0 Å². The maximum atomic E-state index is 5.78. The lowest BCUT2D eigenvalue weighted by atomic mass is 10.2. The molecule has 1 aliphatic rings. The van der Waals surface area contributed by atoms with Crippen molar-refractivity contribution >= 4 is 11.6 Å². The third-order valence-corrected chi connectivity index (χ3v) is 1.71. The van der Waals surface area contributed by atoms with E-state index in [4.69, 9.17) is 11.6 Å². The molecule has 10 heavy (non-hydrogen) atoms. The first-order chi connectivity index (χ1) is 3.39. The SMILES string of the molecule is ClC1CCNCC1.O.O.O. The van der Waals surface area contributed by atoms with E-state index in [9.17, 15) is 0 Å². The van der Waals surface area contributed by atoms with Crippen LogP contribution in [0, 0.1) is 0 Å². The summed E-state index contributed by atoms with van der Waals surface area (Å²) in [4.78, 5) is 0. The Morgan fingerprint density at radius 3 is 1.60 bits per heavy atom. The number of piperidine rings is 1. The second-order valence-corrected chi connectivity index (χ2v) is 2.54. The number of halogens is 1. The Bertz CT molecular complexity index is 58.9. The minimum atomic E-state index is 0. The average Bonchev–Trinajstić information content (AvgIpc) is 1.69. The van der Waals surface area contributed by atoms with Crippen molar-refractivity contribution in [2.24, 2.45) is 0 Å². The summed E-state index contributed by atoms with van der Waals surface area (Å²) in [6.07, 6.45) is 2.28. The average molecular weight is 174 g/mol. The van der Waals surface area contributed by atoms with Gasteiger partial charge in [-0.1, -0.05) is 0 Å². The van der Waals surface area contributed by atoms with E-state index in [1.165, 1.54) is 0 Å². The van der Waals surface area contributed by atoms with Crippen molar-refractivity contribution in [1.29, 1.82) is 0 Å². The molecule has 0 aromatic rings. The van der Waals surface area contributed by atoms with E-state index < -0.39 is 0 Å². The van der Waals surface area contributed by atoms with Gasteiger partial charge in [0.05, 0.1) is 0 Å². The molecule has 1 saturated heterocycles. The summed E-state index contributed by atoms with van der Waals surface area (Å²) in [7, 11) is 0. The normalized spacial score (nSPS) is 17.7. The smallest absolute Gasteiger partial charge is 0.0360 e. The Hall–Kier alpha value is 0.130. The zero-order valence-electron chi connectivity index (χ0n) is 5.78. The number of rotatable bonds is 0. The molecule has 4 nitrogen and oxygen atoms in total. The fourth-order valence-electron chi connectivity index (χ4n) is 0.787. The van der Waals surface area contributed by atoms with E-state index in [1.807, 2.05) is 0 Å². The first-order valence-corrected chi connectivity index (χ1v) is 3.18. The molecule has 0 bridgehead atoms. The van der Waals surface area contributed by atoms with Crippen LogP contribution in [0.1, 0.15) is 12.8 Å². The van der Waals surface area contributed by atoms with Crippen molar-refractivity contribution in [2.45, 2.75) is 18.2 Å². The third kappa shape index (κ3) is 6.25. The Kier molecular flexibility index (Phi) is 15.2. The van der Waals surface area contributed by atoms with Crippen molar-refractivity contribution in [3.05, 3.63) is 0 Å². The van der Waals surface area contributed by atoms with Crippen molar-refractivity contribution in [3.63, 3.8) is 0 Å². The van der Waals surface area contributed by atoms with Crippen molar-refractivity contribution in [1.82, 2.24) is 5.32 Å². The molecule has 0 atom stereocenters. The van der Waals surface area contributed by atoms with Gasteiger partial charge in [-0.3, -0.25) is 0 Å². The number of nitrogens with one attached hydrogen (secondary N) is 1. The highest BCUT2D eigenvalue weighted by Crippen LogP contribution is 2.08. The molecule has 0 radical (unpaired) electrons. The minimum absolute atomic E-state index is 0. The molecule has 1 fully saturated rings. The van der Waals surface area contributed by atoms with Gasteiger partial charge in [0, 0.05) is 5.38 Å². The van der Waals surface area contributed by atoms with E-state index in [1.54, 1.807) is 0 Å². The van der Waals surface area contributed by atoms with E-state index in [0.29, 0.717) is 5.38 Å². The summed E-state index contributed by atoms with van der Waals surface area (Å²) < 4.78 is 0. The predicted molar refractivity (Wildman–Crippen MR) is 42.6 cm³/mol. The highest BCUT2D eigenvalue weighted by Gasteiger charge is 2.07. The Morgan fingerprint density at radius 1 is 1.00 bits per heavy atom. The summed E-state index contributed by atoms with van der Waals surface area (Å²) in [5.41, 5.74) is 0. The molecular weight excluding hydrogens is 158 g/mol. The van der Waals surface area contributed by atoms with E-state index in [2.05, 4.69) is 5.32 Å². The molecule has 0 spiro atoms. The molecule has 66 valence electrons. The summed E-state index contributed by atoms with van der Waals surface area (Å²) >= 11 is 5.78. The first-order valence-electron chi connectivity index (χ1n) is 2.74. The molecule has 0 saturated carbocycles. The van der Waals surface area contributed by atoms with Crippen LogP contribution < -0.4 is 5.32 Å². The van der Waals surface area contributed by atoms with Crippen LogP contribution in [0.3, 0.4) is 0 Å². The largest absolute Gasteiger partial charge is 0.412 e. The fraction of sp³-hybridized carbons (Fsp3) is 1.00. The van der Waals surface area contributed by atoms with Crippen molar-refractivity contribution < 1.29 is 16.4 Å². The Morgan fingerprint density at radius 2 is 1.40 bits per heavy atom. The maximum Gasteiger partial charge on any atom is 0.0360 e. The number of alkyl halides is 1. The fourth-order valence-corrected chi connectivity index (χ4v) is 1.00. The quantitative estimate of drug-likeness (QED) is 0.443. The zero-order chi connectivity index (χ0) is 5.11. The van der Waals surface area contributed by atoms with E-state index in [-0.39, 0.29) is 16.4 Å².